The number of hydrogen-bond acceptors (Lipinski definition) is 8. The summed E-state index contributed by atoms with van der Waals surface area (Å²) in [5, 5.41) is 10.5. The van der Waals surface area contributed by atoms with Crippen LogP contribution in [0.25, 0.3) is 0 Å². The maximum absolute atomic E-state index is 12.5. The highest BCUT2D eigenvalue weighted by atomic mass is 35.5. The zero-order chi connectivity index (χ0) is 18.2. The second-order valence-electron chi connectivity index (χ2n) is 5.89. The fourth-order valence-electron chi connectivity index (χ4n) is 2.78. The first-order valence-electron chi connectivity index (χ1n) is 7.51. The summed E-state index contributed by atoms with van der Waals surface area (Å²) < 4.78 is 10.7. The van der Waals surface area contributed by atoms with Gasteiger partial charge in [-0.1, -0.05) is 0 Å². The van der Waals surface area contributed by atoms with Crippen molar-refractivity contribution in [2.24, 2.45) is 5.73 Å². The van der Waals surface area contributed by atoms with Crippen LogP contribution in [0.2, 0.25) is 0 Å². The van der Waals surface area contributed by atoms with Crippen LogP contribution in [0, 0.1) is 10.1 Å². The monoisotopic (exact) mass is 403 g/mol. The minimum absolute atomic E-state index is 0. The van der Waals surface area contributed by atoms with Gasteiger partial charge in [0.1, 0.15) is 18.0 Å². The molecule has 142 valence electrons. The number of β-lactam (4-membered cyclic amide) rings is 1. The largest absolute Gasteiger partial charge is 0.459 e. The lowest BCUT2D eigenvalue weighted by Gasteiger charge is -2.52. The third-order valence-electron chi connectivity index (χ3n) is 4.38. The number of carbonyl (C=O) groups is 2. The lowest BCUT2D eigenvalue weighted by Crippen LogP contribution is -2.74. The number of non-ortho nitro benzene ring substituents is 1. The van der Waals surface area contributed by atoms with E-state index in [4.69, 9.17) is 15.2 Å². The molecule has 2 unspecified atom stereocenters. The molecular weight excluding hydrogens is 386 g/mol. The van der Waals surface area contributed by atoms with Crippen molar-refractivity contribution in [3.63, 3.8) is 0 Å². The van der Waals surface area contributed by atoms with Crippen LogP contribution >= 0.6 is 24.2 Å². The summed E-state index contributed by atoms with van der Waals surface area (Å²) in [7, 11) is 1.40. The first-order valence-corrected chi connectivity index (χ1v) is 8.56. The van der Waals surface area contributed by atoms with Crippen LogP contribution in [-0.2, 0) is 25.7 Å². The Morgan fingerprint density at radius 2 is 2.12 bits per heavy atom. The normalized spacial score (nSPS) is 27.0. The number of benzene rings is 1. The number of nitro benzene ring substituents is 1. The Labute approximate surface area is 159 Å². The SMILES string of the molecule is COC1(C(=O)OCc2ccc([N+](=O)[O-])cc2)CS[C@@H]2C(N)C(=O)N2C1.Cl. The Bertz CT molecular complexity index is 718. The topological polar surface area (TPSA) is 125 Å². The third kappa shape index (κ3) is 3.50. The van der Waals surface area contributed by atoms with Crippen molar-refractivity contribution < 1.29 is 24.0 Å². The van der Waals surface area contributed by atoms with Crippen molar-refractivity contribution in [3.8, 4) is 0 Å². The predicted molar refractivity (Wildman–Crippen MR) is 95.8 cm³/mol. The molecule has 1 amide bonds. The molecule has 2 aliphatic rings. The number of carbonyl (C=O) groups excluding carboxylic acids is 2. The van der Waals surface area contributed by atoms with Crippen LogP contribution in [0.3, 0.4) is 0 Å². The van der Waals surface area contributed by atoms with Gasteiger partial charge in [-0.15, -0.1) is 24.2 Å². The molecule has 2 heterocycles. The van der Waals surface area contributed by atoms with E-state index in [2.05, 4.69) is 0 Å². The number of nitro groups is 1. The number of esters is 1. The molecule has 2 N–H and O–H groups in total. The second kappa shape index (κ2) is 7.78. The fourth-order valence-corrected chi connectivity index (χ4v) is 4.23. The highest BCUT2D eigenvalue weighted by molar-refractivity contribution is 8.00. The van der Waals surface area contributed by atoms with Gasteiger partial charge in [0.2, 0.25) is 5.91 Å². The molecule has 1 aromatic carbocycles. The number of thioether (sulfide) groups is 1. The lowest BCUT2D eigenvalue weighted by molar-refractivity contribution is -0.384. The van der Waals surface area contributed by atoms with Crippen LogP contribution < -0.4 is 5.73 Å². The Kier molecular flexibility index (Phi) is 6.12. The van der Waals surface area contributed by atoms with Gasteiger partial charge in [0.25, 0.3) is 5.69 Å². The highest BCUT2D eigenvalue weighted by Gasteiger charge is 2.56. The first kappa shape index (κ1) is 20.4. The van der Waals surface area contributed by atoms with E-state index in [1.807, 2.05) is 0 Å². The highest BCUT2D eigenvalue weighted by Crippen LogP contribution is 2.39. The Morgan fingerprint density at radius 3 is 2.69 bits per heavy atom. The zero-order valence-corrected chi connectivity index (χ0v) is 15.5. The van der Waals surface area contributed by atoms with Gasteiger partial charge in [0, 0.05) is 25.0 Å². The molecule has 11 heteroatoms. The summed E-state index contributed by atoms with van der Waals surface area (Å²) in [5.74, 6) is -0.445. The van der Waals surface area contributed by atoms with Gasteiger partial charge in [0.05, 0.1) is 11.5 Å². The number of nitrogens with zero attached hydrogens (tertiary/aromatic N) is 2. The zero-order valence-electron chi connectivity index (χ0n) is 13.8. The van der Waals surface area contributed by atoms with Gasteiger partial charge in [0.15, 0.2) is 5.60 Å². The summed E-state index contributed by atoms with van der Waals surface area (Å²) in [6.07, 6.45) is 0. The number of halogens is 1. The van der Waals surface area contributed by atoms with Crippen LogP contribution in [0.1, 0.15) is 5.56 Å². The molecule has 2 fully saturated rings. The molecule has 0 aliphatic carbocycles. The number of rotatable bonds is 5. The number of nitrogens with two attached hydrogens (primary N) is 1. The summed E-state index contributed by atoms with van der Waals surface area (Å²) >= 11 is 1.39. The molecule has 0 radical (unpaired) electrons. The van der Waals surface area contributed by atoms with E-state index in [1.165, 1.54) is 48.0 Å². The molecule has 9 nitrogen and oxygen atoms in total. The Balaban J connectivity index is 0.00000243. The molecule has 1 aromatic rings. The van der Waals surface area contributed by atoms with Crippen molar-refractivity contribution in [2.45, 2.75) is 23.6 Å². The number of fused-ring (bicyclic) bond motifs is 1. The standard InChI is InChI=1S/C15H17N3O6S.ClH/c1-23-15(7-17-12(19)11(16)13(17)25-8-15)14(20)24-6-9-2-4-10(5-3-9)18(21)22;/h2-5,11,13H,6-8,16H2,1H3;1H/t11?,13-,15?;/m1./s1. The van der Waals surface area contributed by atoms with E-state index in [-0.39, 0.29) is 42.5 Å². The van der Waals surface area contributed by atoms with Crippen molar-refractivity contribution in [2.75, 3.05) is 19.4 Å². The maximum Gasteiger partial charge on any atom is 0.341 e. The number of hydrogen-bond donors (Lipinski definition) is 1. The molecule has 2 saturated heterocycles. The molecule has 26 heavy (non-hydrogen) atoms. The molecule has 3 atom stereocenters. The third-order valence-corrected chi connectivity index (χ3v) is 5.90. The van der Waals surface area contributed by atoms with Gasteiger partial charge in [-0.25, -0.2) is 4.79 Å². The van der Waals surface area contributed by atoms with Gasteiger partial charge in [-0.3, -0.25) is 14.9 Å². The van der Waals surface area contributed by atoms with Crippen molar-refractivity contribution >= 4 is 41.7 Å². The Hall–Kier alpha value is -1.88. The van der Waals surface area contributed by atoms with Crippen molar-refractivity contribution in [1.82, 2.24) is 4.90 Å². The van der Waals surface area contributed by atoms with E-state index in [0.717, 1.165) is 0 Å². The number of ether oxygens (including phenoxy) is 2. The average Bonchev–Trinajstić information content (AvgIpc) is 2.65. The van der Waals surface area contributed by atoms with E-state index < -0.39 is 22.5 Å². The predicted octanol–water partition coefficient (Wildman–Crippen LogP) is 0.687. The molecule has 3 rings (SSSR count). The second-order valence-corrected chi connectivity index (χ2v) is 7.00. The first-order chi connectivity index (χ1) is 11.9. The van der Waals surface area contributed by atoms with E-state index >= 15 is 0 Å². The van der Waals surface area contributed by atoms with Gasteiger partial charge >= 0.3 is 5.97 Å². The molecule has 2 aliphatic heterocycles. The smallest absolute Gasteiger partial charge is 0.341 e. The Morgan fingerprint density at radius 1 is 1.46 bits per heavy atom. The van der Waals surface area contributed by atoms with Crippen LogP contribution in [0.15, 0.2) is 24.3 Å². The minimum Gasteiger partial charge on any atom is -0.459 e. The fraction of sp³-hybridized carbons (Fsp3) is 0.467. The summed E-state index contributed by atoms with van der Waals surface area (Å²) in [6.45, 7) is 0.0658. The van der Waals surface area contributed by atoms with Crippen LogP contribution in [-0.4, -0.2) is 58.1 Å². The van der Waals surface area contributed by atoms with Crippen LogP contribution in [0.4, 0.5) is 5.69 Å². The summed E-state index contributed by atoms with van der Waals surface area (Å²) in [4.78, 5) is 36.0. The average molecular weight is 404 g/mol. The van der Waals surface area contributed by atoms with Gasteiger partial charge in [-0.05, 0) is 17.7 Å². The molecule has 0 bridgehead atoms. The van der Waals surface area contributed by atoms with E-state index in [0.29, 0.717) is 11.3 Å². The maximum atomic E-state index is 12.5. The van der Waals surface area contributed by atoms with Crippen LogP contribution in [0.5, 0.6) is 0 Å². The minimum atomic E-state index is -1.24. The van der Waals surface area contributed by atoms with Crippen molar-refractivity contribution in [1.29, 1.82) is 0 Å². The molecular formula is C15H18ClN3O6S. The molecule has 0 spiro atoms. The van der Waals surface area contributed by atoms with E-state index in [1.54, 1.807) is 0 Å². The molecule has 0 aromatic heterocycles. The quantitative estimate of drug-likeness (QED) is 0.329. The lowest BCUT2D eigenvalue weighted by atomic mass is 10.00. The number of amides is 1. The van der Waals surface area contributed by atoms with Crippen molar-refractivity contribution in [3.05, 3.63) is 39.9 Å². The molecule has 0 saturated carbocycles. The number of methoxy groups -OCH3 is 1. The van der Waals surface area contributed by atoms with Gasteiger partial charge < -0.3 is 20.1 Å². The van der Waals surface area contributed by atoms with Gasteiger partial charge in [-0.2, -0.15) is 0 Å². The summed E-state index contributed by atoms with van der Waals surface area (Å²) in [5.41, 5.74) is 5.08. The summed E-state index contributed by atoms with van der Waals surface area (Å²) in [6, 6.07) is 5.20. The van der Waals surface area contributed by atoms with E-state index in [9.17, 15) is 19.7 Å².